The van der Waals surface area contributed by atoms with Gasteiger partial charge >= 0.3 is 5.97 Å². The lowest BCUT2D eigenvalue weighted by molar-refractivity contribution is -0.127. The van der Waals surface area contributed by atoms with Crippen LogP contribution < -0.4 is 4.74 Å². The molecule has 5 rings (SSSR count). The number of carbonyl (C=O) groups is 2. The van der Waals surface area contributed by atoms with Gasteiger partial charge in [-0.05, 0) is 42.0 Å². The van der Waals surface area contributed by atoms with Crippen LogP contribution >= 0.6 is 12.2 Å². The molecule has 0 aliphatic carbocycles. The fourth-order valence-electron chi connectivity index (χ4n) is 4.72. The molecule has 1 saturated heterocycles. The first-order valence-electron chi connectivity index (χ1n) is 9.91. The van der Waals surface area contributed by atoms with Crippen LogP contribution in [0.3, 0.4) is 0 Å². The smallest absolute Gasteiger partial charge is 0.337 e. The summed E-state index contributed by atoms with van der Waals surface area (Å²) in [6.07, 6.45) is 0.554. The number of hydrogen-bond acceptors (Lipinski definition) is 5. The molecular weight excluding hydrogens is 414 g/mol. The van der Waals surface area contributed by atoms with Gasteiger partial charge in [0.05, 0.1) is 19.8 Å². The van der Waals surface area contributed by atoms with Crippen molar-refractivity contribution in [3.05, 3.63) is 64.8 Å². The van der Waals surface area contributed by atoms with Crippen LogP contribution in [0.25, 0.3) is 10.9 Å². The summed E-state index contributed by atoms with van der Waals surface area (Å²) in [6, 6.07) is 12.4. The highest BCUT2D eigenvalue weighted by Crippen LogP contribution is 2.46. The number of likely N-dealkylation sites (N-methyl/N-ethyl adjacent to an activating group) is 1. The largest absolute Gasteiger partial charge is 0.496 e. The van der Waals surface area contributed by atoms with Gasteiger partial charge in [-0.15, -0.1) is 0 Å². The first-order chi connectivity index (χ1) is 15.0. The molecule has 2 aliphatic rings. The maximum atomic E-state index is 13.1. The lowest BCUT2D eigenvalue weighted by Crippen LogP contribution is -2.44. The molecule has 31 heavy (non-hydrogen) atoms. The van der Waals surface area contributed by atoms with E-state index in [0.29, 0.717) is 22.8 Å². The quantitative estimate of drug-likeness (QED) is 0.504. The van der Waals surface area contributed by atoms with Crippen LogP contribution in [0.5, 0.6) is 5.75 Å². The molecular formula is C23H21N3O4S. The first-order valence-corrected chi connectivity index (χ1v) is 10.3. The molecule has 3 aromatic rings. The first kappa shape index (κ1) is 19.6. The number of ether oxygens (including phenoxy) is 2. The number of rotatable bonds is 3. The normalized spacial score (nSPS) is 20.1. The number of methoxy groups -OCH3 is 2. The number of nitrogens with zero attached hydrogens (tertiary/aromatic N) is 2. The molecule has 1 amide bonds. The highest BCUT2D eigenvalue weighted by Gasteiger charge is 2.50. The van der Waals surface area contributed by atoms with Crippen LogP contribution in [0.1, 0.15) is 33.2 Å². The van der Waals surface area contributed by atoms with Crippen LogP contribution in [0.15, 0.2) is 42.5 Å². The summed E-state index contributed by atoms with van der Waals surface area (Å²) in [4.78, 5) is 32.3. The van der Waals surface area contributed by atoms with Gasteiger partial charge in [0.1, 0.15) is 17.8 Å². The van der Waals surface area contributed by atoms with E-state index >= 15 is 0 Å². The molecule has 7 nitrogen and oxygen atoms in total. The Morgan fingerprint density at radius 3 is 2.71 bits per heavy atom. The maximum Gasteiger partial charge on any atom is 0.337 e. The summed E-state index contributed by atoms with van der Waals surface area (Å²) in [5.41, 5.74) is 4.17. The molecule has 1 N–H and O–H groups in total. The predicted molar refractivity (Wildman–Crippen MR) is 119 cm³/mol. The van der Waals surface area contributed by atoms with Crippen molar-refractivity contribution in [2.75, 3.05) is 21.3 Å². The van der Waals surface area contributed by atoms with Gasteiger partial charge in [-0.3, -0.25) is 9.69 Å². The lowest BCUT2D eigenvalue weighted by atomic mass is 9.88. The number of benzene rings is 2. The molecule has 0 saturated carbocycles. The third-order valence-corrected chi connectivity index (χ3v) is 6.69. The minimum absolute atomic E-state index is 0.0333. The zero-order chi connectivity index (χ0) is 21.9. The van der Waals surface area contributed by atoms with E-state index in [2.05, 4.69) is 11.1 Å². The zero-order valence-corrected chi connectivity index (χ0v) is 18.2. The Hall–Kier alpha value is -3.39. The summed E-state index contributed by atoms with van der Waals surface area (Å²) in [5, 5.41) is 1.54. The van der Waals surface area contributed by atoms with E-state index in [1.165, 1.54) is 12.0 Å². The number of amides is 1. The second-order valence-electron chi connectivity index (χ2n) is 7.72. The van der Waals surface area contributed by atoms with E-state index in [1.807, 2.05) is 23.1 Å². The van der Waals surface area contributed by atoms with Gasteiger partial charge in [0.2, 0.25) is 0 Å². The number of hydrogen-bond donors (Lipinski definition) is 1. The molecule has 1 fully saturated rings. The minimum atomic E-state index is -0.440. The molecule has 3 heterocycles. The molecule has 0 spiro atoms. The van der Waals surface area contributed by atoms with Crippen molar-refractivity contribution >= 4 is 40.1 Å². The fourth-order valence-corrected chi connectivity index (χ4v) is 5.05. The van der Waals surface area contributed by atoms with Gasteiger partial charge in [-0.2, -0.15) is 0 Å². The molecule has 0 bridgehead atoms. The van der Waals surface area contributed by atoms with Crippen LogP contribution in [0.2, 0.25) is 0 Å². The van der Waals surface area contributed by atoms with Gasteiger partial charge in [0, 0.05) is 35.6 Å². The number of nitrogens with one attached hydrogen (secondary N) is 1. The lowest BCUT2D eigenvalue weighted by Gasteiger charge is -2.38. The second-order valence-corrected chi connectivity index (χ2v) is 8.09. The van der Waals surface area contributed by atoms with Crippen molar-refractivity contribution in [1.29, 1.82) is 0 Å². The highest BCUT2D eigenvalue weighted by molar-refractivity contribution is 7.80. The summed E-state index contributed by atoms with van der Waals surface area (Å²) < 4.78 is 10.6. The van der Waals surface area contributed by atoms with Crippen molar-refractivity contribution in [2.45, 2.75) is 18.5 Å². The number of thiocarbonyl (C=S) groups is 1. The standard InChI is InChI=1S/C23H21N3O4S/c1-25-21(27)17-11-14-13-6-4-5-7-16(13)24-19(14)20(26(17)23(25)31)15-10-12(22(28)30-3)8-9-18(15)29-2/h4-10,17,20,24H,11H2,1-3H3/t17-,20+/m0/s1. The van der Waals surface area contributed by atoms with E-state index in [4.69, 9.17) is 21.7 Å². The summed E-state index contributed by atoms with van der Waals surface area (Å²) in [7, 11) is 4.64. The van der Waals surface area contributed by atoms with Crippen molar-refractivity contribution in [1.82, 2.24) is 14.8 Å². The topological polar surface area (TPSA) is 74.9 Å². The van der Waals surface area contributed by atoms with Gasteiger partial charge in [0.25, 0.3) is 5.91 Å². The van der Waals surface area contributed by atoms with Gasteiger partial charge < -0.3 is 19.4 Å². The molecule has 0 radical (unpaired) electrons. The Bertz CT molecular complexity index is 1250. The number of H-pyrrole nitrogens is 1. The Labute approximate surface area is 184 Å². The zero-order valence-electron chi connectivity index (χ0n) is 17.3. The molecule has 8 heteroatoms. The van der Waals surface area contributed by atoms with E-state index in [9.17, 15) is 9.59 Å². The Kier molecular flexibility index (Phi) is 4.48. The average Bonchev–Trinajstić information content (AvgIpc) is 3.27. The van der Waals surface area contributed by atoms with Crippen LogP contribution in [-0.2, 0) is 16.0 Å². The Balaban J connectivity index is 1.79. The summed E-state index contributed by atoms with van der Waals surface area (Å²) >= 11 is 5.68. The summed E-state index contributed by atoms with van der Waals surface area (Å²) in [6.45, 7) is 0. The minimum Gasteiger partial charge on any atom is -0.496 e. The predicted octanol–water partition coefficient (Wildman–Crippen LogP) is 3.04. The second kappa shape index (κ2) is 7.09. The van der Waals surface area contributed by atoms with Gasteiger partial charge in [-0.25, -0.2) is 4.79 Å². The fraction of sp³-hybridized carbons (Fsp3) is 0.261. The molecule has 2 aromatic carbocycles. The number of aromatic amines is 1. The van der Waals surface area contributed by atoms with E-state index in [1.54, 1.807) is 32.4 Å². The van der Waals surface area contributed by atoms with Crippen molar-refractivity contribution < 1.29 is 19.1 Å². The van der Waals surface area contributed by atoms with Gasteiger partial charge in [0.15, 0.2) is 5.11 Å². The van der Waals surface area contributed by atoms with Crippen LogP contribution in [-0.4, -0.2) is 59.1 Å². The van der Waals surface area contributed by atoms with Gasteiger partial charge in [-0.1, -0.05) is 18.2 Å². The van der Waals surface area contributed by atoms with Crippen molar-refractivity contribution in [3.8, 4) is 5.75 Å². The monoisotopic (exact) mass is 435 g/mol. The van der Waals surface area contributed by atoms with Crippen LogP contribution in [0, 0.1) is 0 Å². The molecule has 1 aromatic heterocycles. The molecule has 2 atom stereocenters. The third kappa shape index (κ3) is 2.75. The Morgan fingerprint density at radius 1 is 1.19 bits per heavy atom. The van der Waals surface area contributed by atoms with E-state index < -0.39 is 18.1 Å². The van der Waals surface area contributed by atoms with E-state index in [-0.39, 0.29) is 5.91 Å². The average molecular weight is 436 g/mol. The summed E-state index contributed by atoms with van der Waals surface area (Å²) in [5.74, 6) is 0.132. The van der Waals surface area contributed by atoms with E-state index in [0.717, 1.165) is 27.7 Å². The maximum absolute atomic E-state index is 13.1. The third-order valence-electron chi connectivity index (χ3n) is 6.20. The Morgan fingerprint density at radius 2 is 1.97 bits per heavy atom. The highest BCUT2D eigenvalue weighted by atomic mass is 32.1. The molecule has 0 unspecified atom stereocenters. The van der Waals surface area contributed by atoms with Crippen molar-refractivity contribution in [2.24, 2.45) is 0 Å². The number of esters is 1. The number of para-hydroxylation sites is 1. The van der Waals surface area contributed by atoms with Crippen LogP contribution in [0.4, 0.5) is 0 Å². The number of aromatic nitrogens is 1. The number of fused-ring (bicyclic) bond motifs is 4. The van der Waals surface area contributed by atoms with Crippen molar-refractivity contribution in [3.63, 3.8) is 0 Å². The SMILES string of the molecule is COC(=O)c1ccc(OC)c([C@@H]2c3[nH]c4ccccc4c3C[C@H]3C(=O)N(C)C(=S)N23)c1. The number of carbonyl (C=O) groups excluding carboxylic acids is 2. The molecule has 158 valence electrons. The molecule has 2 aliphatic heterocycles.